The van der Waals surface area contributed by atoms with Gasteiger partial charge in [0.05, 0.1) is 0 Å². The summed E-state index contributed by atoms with van der Waals surface area (Å²) in [4.78, 5) is 4.58. The minimum absolute atomic E-state index is 0.248. The van der Waals surface area contributed by atoms with Crippen LogP contribution in [-0.2, 0) is 6.54 Å². The lowest BCUT2D eigenvalue weighted by Crippen LogP contribution is -2.37. The smallest absolute Gasteiger partial charge is 0.191 e. The molecule has 0 saturated carbocycles. The summed E-state index contributed by atoms with van der Waals surface area (Å²) in [5.41, 5.74) is 1.65. The van der Waals surface area contributed by atoms with Crippen LogP contribution in [0.4, 0.5) is 4.39 Å². The molecule has 4 nitrogen and oxygen atoms in total. The Bertz CT molecular complexity index is 684. The summed E-state index contributed by atoms with van der Waals surface area (Å²) >= 11 is 1.87. The lowest BCUT2D eigenvalue weighted by molar-refractivity contribution is 0.547. The third kappa shape index (κ3) is 5.16. The van der Waals surface area contributed by atoms with Gasteiger partial charge >= 0.3 is 0 Å². The van der Waals surface area contributed by atoms with E-state index < -0.39 is 0 Å². The zero-order valence-electron chi connectivity index (χ0n) is 14.6. The molecule has 0 atom stereocenters. The third-order valence-electron chi connectivity index (χ3n) is 3.79. The lowest BCUT2D eigenvalue weighted by atomic mass is 10.1. The molecule has 6 heteroatoms. The monoisotopic (exact) mass is 351 g/mol. The molecule has 132 valence electrons. The van der Waals surface area contributed by atoms with Crippen molar-refractivity contribution in [1.82, 2.24) is 10.6 Å². The van der Waals surface area contributed by atoms with E-state index >= 15 is 0 Å². The number of nitrogens with one attached hydrogen (secondary N) is 2. The topological polar surface area (TPSA) is 49.6 Å². The van der Waals surface area contributed by atoms with Crippen LogP contribution in [0.15, 0.2) is 27.6 Å². The van der Waals surface area contributed by atoms with Crippen LogP contribution in [-0.4, -0.2) is 31.1 Å². The molecule has 2 rings (SSSR count). The second kappa shape index (κ2) is 9.57. The van der Waals surface area contributed by atoms with Crippen molar-refractivity contribution in [3.8, 4) is 0 Å². The van der Waals surface area contributed by atoms with E-state index in [0.717, 1.165) is 42.2 Å². The minimum atomic E-state index is -0.248. The molecule has 0 aliphatic heterocycles. The molecule has 0 radical (unpaired) electrons. The number of fused-ring (bicyclic) bond motifs is 1. The van der Waals surface area contributed by atoms with E-state index in [2.05, 4.69) is 21.9 Å². The number of hydrogen-bond acceptors (Lipinski definition) is 3. The van der Waals surface area contributed by atoms with E-state index in [1.54, 1.807) is 6.07 Å². The number of nitrogens with zero attached hydrogens (tertiary/aromatic N) is 1. The zero-order chi connectivity index (χ0) is 17.4. The molecule has 0 amide bonds. The first-order chi connectivity index (χ1) is 11.7. The highest BCUT2D eigenvalue weighted by molar-refractivity contribution is 7.98. The van der Waals surface area contributed by atoms with Gasteiger partial charge < -0.3 is 15.1 Å². The van der Waals surface area contributed by atoms with E-state index in [1.807, 2.05) is 25.6 Å². The maximum Gasteiger partial charge on any atom is 0.191 e. The van der Waals surface area contributed by atoms with Crippen molar-refractivity contribution in [2.45, 2.75) is 33.2 Å². The second-order valence-corrected chi connectivity index (χ2v) is 6.60. The van der Waals surface area contributed by atoms with E-state index in [4.69, 9.17) is 4.42 Å². The fraction of sp³-hybridized carbons (Fsp3) is 0.500. The van der Waals surface area contributed by atoms with E-state index in [9.17, 15) is 4.39 Å². The Morgan fingerprint density at radius 1 is 1.29 bits per heavy atom. The van der Waals surface area contributed by atoms with Crippen LogP contribution in [0.1, 0.15) is 31.1 Å². The maximum absolute atomic E-state index is 13.4. The molecule has 24 heavy (non-hydrogen) atoms. The van der Waals surface area contributed by atoms with Crippen molar-refractivity contribution in [3.05, 3.63) is 35.3 Å². The molecule has 0 unspecified atom stereocenters. The molecule has 2 aromatic rings. The quantitative estimate of drug-likeness (QED) is 0.427. The number of thioether (sulfide) groups is 1. The summed E-state index contributed by atoms with van der Waals surface area (Å²) in [5, 5.41) is 7.39. The van der Waals surface area contributed by atoms with Crippen LogP contribution in [0, 0.1) is 12.7 Å². The van der Waals surface area contributed by atoms with Crippen molar-refractivity contribution in [2.24, 2.45) is 4.99 Å². The van der Waals surface area contributed by atoms with Gasteiger partial charge in [-0.25, -0.2) is 9.38 Å². The molecule has 0 aliphatic rings. The van der Waals surface area contributed by atoms with E-state index in [1.165, 1.54) is 24.3 Å². The fourth-order valence-electron chi connectivity index (χ4n) is 2.47. The molecule has 0 fully saturated rings. The molecule has 0 bridgehead atoms. The van der Waals surface area contributed by atoms with Crippen LogP contribution in [0.5, 0.6) is 0 Å². The van der Waals surface area contributed by atoms with Crippen LogP contribution in [0.3, 0.4) is 0 Å². The van der Waals surface area contributed by atoms with Gasteiger partial charge in [0.25, 0.3) is 0 Å². The largest absolute Gasteiger partial charge is 0.459 e. The molecule has 0 saturated heterocycles. The highest BCUT2D eigenvalue weighted by Gasteiger charge is 2.11. The molecular weight excluding hydrogens is 325 g/mol. The standard InChI is InChI=1S/C18H26FN3OS/c1-4-20-18(21-9-5-6-10-24-3)22-12-17-13(2)15-11-14(19)7-8-16(15)23-17/h7-8,11H,4-6,9-10,12H2,1-3H3,(H2,20,21,22). The Kier molecular flexibility index (Phi) is 7.43. The molecule has 0 aliphatic carbocycles. The number of furan rings is 1. The number of guanidine groups is 1. The Morgan fingerprint density at radius 3 is 2.88 bits per heavy atom. The van der Waals surface area contributed by atoms with E-state index in [-0.39, 0.29) is 5.82 Å². The van der Waals surface area contributed by atoms with E-state index in [0.29, 0.717) is 12.1 Å². The number of hydrogen-bond donors (Lipinski definition) is 2. The Hall–Kier alpha value is -1.69. The average Bonchev–Trinajstić information content (AvgIpc) is 2.88. The molecule has 1 aromatic heterocycles. The van der Waals surface area contributed by atoms with Crippen molar-refractivity contribution < 1.29 is 8.81 Å². The SMILES string of the molecule is CCNC(=NCc1oc2ccc(F)cc2c1C)NCCCCSC. The van der Waals surface area contributed by atoms with Gasteiger partial charge in [-0.05, 0) is 56.9 Å². The van der Waals surface area contributed by atoms with Crippen molar-refractivity contribution in [1.29, 1.82) is 0 Å². The van der Waals surface area contributed by atoms with Crippen molar-refractivity contribution in [2.75, 3.05) is 25.1 Å². The first-order valence-electron chi connectivity index (χ1n) is 8.34. The molecular formula is C18H26FN3OS. The minimum Gasteiger partial charge on any atom is -0.459 e. The average molecular weight is 351 g/mol. The number of benzene rings is 1. The van der Waals surface area contributed by atoms with Crippen LogP contribution >= 0.6 is 11.8 Å². The van der Waals surface area contributed by atoms with Gasteiger partial charge in [-0.2, -0.15) is 11.8 Å². The predicted octanol–water partition coefficient (Wildman–Crippen LogP) is 4.08. The lowest BCUT2D eigenvalue weighted by Gasteiger charge is -2.10. The number of halogens is 1. The highest BCUT2D eigenvalue weighted by atomic mass is 32.2. The first kappa shape index (κ1) is 18.6. The van der Waals surface area contributed by atoms with Gasteiger partial charge in [0, 0.05) is 24.0 Å². The second-order valence-electron chi connectivity index (χ2n) is 5.61. The van der Waals surface area contributed by atoms with Gasteiger partial charge in [0.15, 0.2) is 5.96 Å². The summed E-state index contributed by atoms with van der Waals surface area (Å²) in [6.45, 7) is 6.12. The Morgan fingerprint density at radius 2 is 2.12 bits per heavy atom. The fourth-order valence-corrected chi connectivity index (χ4v) is 2.96. The zero-order valence-corrected chi connectivity index (χ0v) is 15.4. The van der Waals surface area contributed by atoms with Crippen molar-refractivity contribution in [3.63, 3.8) is 0 Å². The van der Waals surface area contributed by atoms with Gasteiger partial charge in [-0.3, -0.25) is 0 Å². The molecule has 1 heterocycles. The number of rotatable bonds is 8. The van der Waals surface area contributed by atoms with Gasteiger partial charge in [-0.15, -0.1) is 0 Å². The molecule has 0 spiro atoms. The third-order valence-corrected chi connectivity index (χ3v) is 4.49. The Labute approximate surface area is 147 Å². The summed E-state index contributed by atoms with van der Waals surface area (Å²) in [6, 6.07) is 4.59. The van der Waals surface area contributed by atoms with Crippen molar-refractivity contribution >= 4 is 28.7 Å². The normalized spacial score (nSPS) is 11.9. The molecule has 2 N–H and O–H groups in total. The summed E-state index contributed by atoms with van der Waals surface area (Å²) in [7, 11) is 0. The van der Waals surface area contributed by atoms with Crippen LogP contribution in [0.25, 0.3) is 11.0 Å². The summed E-state index contributed by atoms with van der Waals surface area (Å²) in [6.07, 6.45) is 4.44. The van der Waals surface area contributed by atoms with Gasteiger partial charge in [-0.1, -0.05) is 0 Å². The summed E-state index contributed by atoms with van der Waals surface area (Å²) in [5.74, 6) is 2.49. The maximum atomic E-state index is 13.4. The Balaban J connectivity index is 2.01. The van der Waals surface area contributed by atoms with Gasteiger partial charge in [0.1, 0.15) is 23.7 Å². The molecule has 1 aromatic carbocycles. The highest BCUT2D eigenvalue weighted by Crippen LogP contribution is 2.26. The predicted molar refractivity (Wildman–Crippen MR) is 101 cm³/mol. The number of unbranched alkanes of at least 4 members (excludes halogenated alkanes) is 1. The number of aryl methyl sites for hydroxylation is 1. The van der Waals surface area contributed by atoms with Crippen LogP contribution < -0.4 is 10.6 Å². The number of aliphatic imine (C=N–C) groups is 1. The summed E-state index contributed by atoms with van der Waals surface area (Å²) < 4.78 is 19.2. The first-order valence-corrected chi connectivity index (χ1v) is 9.73. The van der Waals surface area contributed by atoms with Gasteiger partial charge in [0.2, 0.25) is 0 Å². The van der Waals surface area contributed by atoms with Crippen LogP contribution in [0.2, 0.25) is 0 Å².